The maximum absolute atomic E-state index is 8.78. The highest BCUT2D eigenvalue weighted by Gasteiger charge is 2.15. The number of hydrogen-bond donors (Lipinski definition) is 1. The molecular formula is C10H14N4. The van der Waals surface area contributed by atoms with Gasteiger partial charge in [0.05, 0.1) is 17.2 Å². The van der Waals surface area contributed by atoms with Crippen LogP contribution in [0, 0.1) is 16.7 Å². The van der Waals surface area contributed by atoms with Crippen molar-refractivity contribution in [3.63, 3.8) is 0 Å². The van der Waals surface area contributed by atoms with Crippen molar-refractivity contribution in [3.8, 4) is 6.07 Å². The Morgan fingerprint density at radius 2 is 2.36 bits per heavy atom. The maximum Gasteiger partial charge on any atom is 0.115 e. The van der Waals surface area contributed by atoms with Crippen LogP contribution in [0.3, 0.4) is 0 Å². The lowest BCUT2D eigenvalue weighted by Gasteiger charge is -2.15. The van der Waals surface area contributed by atoms with Crippen molar-refractivity contribution in [2.45, 2.75) is 20.4 Å². The van der Waals surface area contributed by atoms with Gasteiger partial charge in [-0.1, -0.05) is 0 Å². The number of nitrogens with zero attached hydrogens (tertiary/aromatic N) is 3. The van der Waals surface area contributed by atoms with Gasteiger partial charge in [-0.3, -0.25) is 0 Å². The maximum atomic E-state index is 8.78. The summed E-state index contributed by atoms with van der Waals surface area (Å²) in [5.74, 6) is 0. The smallest absolute Gasteiger partial charge is 0.115 e. The summed E-state index contributed by atoms with van der Waals surface area (Å²) in [5, 5.41) is 12.0. The van der Waals surface area contributed by atoms with E-state index in [-0.39, 0.29) is 5.41 Å². The molecule has 1 N–H and O–H groups in total. The van der Waals surface area contributed by atoms with Crippen molar-refractivity contribution in [2.75, 3.05) is 6.54 Å². The van der Waals surface area contributed by atoms with Gasteiger partial charge >= 0.3 is 0 Å². The largest absolute Gasteiger partial charge is 0.310 e. The summed E-state index contributed by atoms with van der Waals surface area (Å²) in [6.45, 7) is 5.14. The predicted molar refractivity (Wildman–Crippen MR) is 53.1 cm³/mol. The minimum atomic E-state index is -0.326. The van der Waals surface area contributed by atoms with Gasteiger partial charge in [0, 0.05) is 19.3 Å². The van der Waals surface area contributed by atoms with Crippen LogP contribution in [0.2, 0.25) is 0 Å². The van der Waals surface area contributed by atoms with Gasteiger partial charge in [0.15, 0.2) is 0 Å². The van der Waals surface area contributed by atoms with Crippen LogP contribution in [0.4, 0.5) is 0 Å². The van der Waals surface area contributed by atoms with Gasteiger partial charge in [-0.2, -0.15) is 5.26 Å². The van der Waals surface area contributed by atoms with Gasteiger partial charge in [-0.05, 0) is 19.9 Å². The zero-order valence-corrected chi connectivity index (χ0v) is 8.49. The zero-order valence-electron chi connectivity index (χ0n) is 8.49. The molecule has 0 aromatic carbocycles. The number of nitrogens with one attached hydrogen (secondary N) is 1. The lowest BCUT2D eigenvalue weighted by molar-refractivity contribution is 0.443. The molecular weight excluding hydrogens is 176 g/mol. The molecule has 0 aliphatic rings. The Bertz CT molecular complexity index is 313. The number of rotatable bonds is 4. The first kappa shape index (κ1) is 10.6. The van der Waals surface area contributed by atoms with Gasteiger partial charge in [0.25, 0.3) is 0 Å². The van der Waals surface area contributed by atoms with E-state index in [0.29, 0.717) is 13.1 Å². The summed E-state index contributed by atoms with van der Waals surface area (Å²) in [5.41, 5.74) is 0.612. The molecule has 0 fully saturated rings. The van der Waals surface area contributed by atoms with Crippen molar-refractivity contribution in [3.05, 3.63) is 24.3 Å². The van der Waals surface area contributed by atoms with Crippen molar-refractivity contribution >= 4 is 0 Å². The molecule has 0 unspecified atom stereocenters. The van der Waals surface area contributed by atoms with E-state index in [2.05, 4.69) is 21.4 Å². The average molecular weight is 190 g/mol. The Labute approximate surface area is 84.0 Å². The molecule has 14 heavy (non-hydrogen) atoms. The molecule has 0 aliphatic carbocycles. The van der Waals surface area contributed by atoms with Crippen molar-refractivity contribution < 1.29 is 0 Å². The van der Waals surface area contributed by atoms with Crippen LogP contribution in [0.5, 0.6) is 0 Å². The second-order valence-electron chi connectivity index (χ2n) is 3.80. The molecule has 0 amide bonds. The van der Waals surface area contributed by atoms with Gasteiger partial charge in [-0.15, -0.1) is 0 Å². The predicted octanol–water partition coefficient (Wildman–Crippen LogP) is 1.12. The molecule has 0 aliphatic heterocycles. The second kappa shape index (κ2) is 4.68. The van der Waals surface area contributed by atoms with E-state index < -0.39 is 0 Å². The van der Waals surface area contributed by atoms with Crippen LogP contribution >= 0.6 is 0 Å². The molecule has 4 nitrogen and oxygen atoms in total. The highest BCUT2D eigenvalue weighted by atomic mass is 14.9. The van der Waals surface area contributed by atoms with E-state index in [1.807, 2.05) is 19.9 Å². The Balaban J connectivity index is 2.34. The summed E-state index contributed by atoms with van der Waals surface area (Å²) >= 11 is 0. The highest BCUT2D eigenvalue weighted by molar-refractivity contribution is 4.98. The van der Waals surface area contributed by atoms with Crippen LogP contribution in [-0.4, -0.2) is 16.5 Å². The van der Waals surface area contributed by atoms with Gasteiger partial charge in [0.1, 0.15) is 6.33 Å². The van der Waals surface area contributed by atoms with Crippen molar-refractivity contribution in [2.24, 2.45) is 5.41 Å². The molecule has 4 heteroatoms. The molecule has 1 heterocycles. The molecule has 0 saturated heterocycles. The van der Waals surface area contributed by atoms with E-state index in [1.165, 1.54) is 6.33 Å². The molecule has 0 bridgehead atoms. The van der Waals surface area contributed by atoms with E-state index >= 15 is 0 Å². The summed E-state index contributed by atoms with van der Waals surface area (Å²) in [6.07, 6.45) is 3.23. The number of hydrogen-bond acceptors (Lipinski definition) is 4. The normalized spacial score (nSPS) is 10.9. The fourth-order valence-electron chi connectivity index (χ4n) is 0.965. The number of nitriles is 1. The van der Waals surface area contributed by atoms with Crippen molar-refractivity contribution in [1.29, 1.82) is 5.26 Å². The first-order valence-corrected chi connectivity index (χ1v) is 4.51. The topological polar surface area (TPSA) is 61.6 Å². The zero-order chi connectivity index (χ0) is 10.4. The van der Waals surface area contributed by atoms with Crippen LogP contribution in [0.25, 0.3) is 0 Å². The molecule has 1 aromatic heterocycles. The first-order chi connectivity index (χ1) is 6.64. The third-order valence-electron chi connectivity index (χ3n) is 1.82. The minimum absolute atomic E-state index is 0.326. The van der Waals surface area contributed by atoms with Crippen molar-refractivity contribution in [1.82, 2.24) is 15.3 Å². The molecule has 0 radical (unpaired) electrons. The lowest BCUT2D eigenvalue weighted by atomic mass is 9.96. The summed E-state index contributed by atoms with van der Waals surface area (Å²) in [6, 6.07) is 4.09. The van der Waals surface area contributed by atoms with E-state index in [0.717, 1.165) is 5.69 Å². The Kier molecular flexibility index (Phi) is 3.55. The Morgan fingerprint density at radius 1 is 1.57 bits per heavy atom. The molecule has 1 aromatic rings. The fourth-order valence-corrected chi connectivity index (χ4v) is 0.965. The average Bonchev–Trinajstić information content (AvgIpc) is 2.19. The monoisotopic (exact) mass is 190 g/mol. The summed E-state index contributed by atoms with van der Waals surface area (Å²) < 4.78 is 0. The standard InChI is InChI=1S/C10H14N4/c1-10(2,6-11)7-13-5-9-3-4-12-8-14-9/h3-4,8,13H,5,7H2,1-2H3. The van der Waals surface area contributed by atoms with Gasteiger partial charge in [-0.25, -0.2) is 9.97 Å². The quantitative estimate of drug-likeness (QED) is 0.772. The third kappa shape index (κ3) is 3.50. The minimum Gasteiger partial charge on any atom is -0.310 e. The van der Waals surface area contributed by atoms with Gasteiger partial charge < -0.3 is 5.32 Å². The first-order valence-electron chi connectivity index (χ1n) is 4.51. The second-order valence-corrected chi connectivity index (χ2v) is 3.80. The fraction of sp³-hybridized carbons (Fsp3) is 0.500. The summed E-state index contributed by atoms with van der Waals surface area (Å²) in [7, 11) is 0. The van der Waals surface area contributed by atoms with Crippen LogP contribution in [-0.2, 0) is 6.54 Å². The highest BCUT2D eigenvalue weighted by Crippen LogP contribution is 2.10. The SMILES string of the molecule is CC(C)(C#N)CNCc1ccncn1. The molecule has 74 valence electrons. The Hall–Kier alpha value is -1.47. The molecule has 0 saturated carbocycles. The van der Waals surface area contributed by atoms with E-state index in [4.69, 9.17) is 5.26 Å². The van der Waals surface area contributed by atoms with Crippen LogP contribution in [0.15, 0.2) is 18.6 Å². The number of aromatic nitrogens is 2. The van der Waals surface area contributed by atoms with Crippen LogP contribution < -0.4 is 5.32 Å². The molecule has 1 rings (SSSR count). The Morgan fingerprint density at radius 3 is 2.93 bits per heavy atom. The van der Waals surface area contributed by atoms with Crippen LogP contribution in [0.1, 0.15) is 19.5 Å². The van der Waals surface area contributed by atoms with E-state index in [9.17, 15) is 0 Å². The lowest BCUT2D eigenvalue weighted by Crippen LogP contribution is -2.27. The van der Waals surface area contributed by atoms with Gasteiger partial charge in [0.2, 0.25) is 0 Å². The third-order valence-corrected chi connectivity index (χ3v) is 1.82. The summed E-state index contributed by atoms with van der Waals surface area (Å²) in [4.78, 5) is 7.89. The molecule has 0 spiro atoms. The molecule has 0 atom stereocenters. The van der Waals surface area contributed by atoms with E-state index in [1.54, 1.807) is 6.20 Å².